The van der Waals surface area contributed by atoms with Crippen molar-refractivity contribution in [3.05, 3.63) is 23.5 Å². The van der Waals surface area contributed by atoms with E-state index >= 15 is 0 Å². The monoisotopic (exact) mass is 163 g/mol. The van der Waals surface area contributed by atoms with Crippen molar-refractivity contribution in [2.75, 3.05) is 0 Å². The number of carbonyl (C=O) groups is 1. The fourth-order valence-corrected chi connectivity index (χ4v) is 1.65. The molecule has 0 saturated heterocycles. The minimum Gasteiger partial charge on any atom is -0.351 e. The number of hydrogen-bond acceptors (Lipinski definition) is 1. The average Bonchev–Trinajstić information content (AvgIpc) is 2.53. The Balaban J connectivity index is 2.43. The number of aromatic nitrogens is 1. The first-order chi connectivity index (χ1) is 5.68. The molecule has 12 heavy (non-hydrogen) atoms. The van der Waals surface area contributed by atoms with Crippen LogP contribution < -0.4 is 0 Å². The molecule has 1 aliphatic carbocycles. The number of carbonyl (C=O) groups excluding carboxylic acids is 1. The molecule has 1 aromatic rings. The van der Waals surface area contributed by atoms with E-state index in [9.17, 15) is 4.79 Å². The number of fused-ring (bicyclic) bond motifs is 1. The van der Waals surface area contributed by atoms with Crippen molar-refractivity contribution < 1.29 is 4.79 Å². The average molecular weight is 163 g/mol. The summed E-state index contributed by atoms with van der Waals surface area (Å²) in [7, 11) is 0. The number of hydrogen-bond donors (Lipinski definition) is 0. The van der Waals surface area contributed by atoms with E-state index in [0.717, 1.165) is 12.0 Å². The third-order valence-electron chi connectivity index (χ3n) is 2.45. The van der Waals surface area contributed by atoms with Gasteiger partial charge in [0, 0.05) is 30.4 Å². The predicted molar refractivity (Wildman–Crippen MR) is 47.5 cm³/mol. The Morgan fingerprint density at radius 1 is 1.33 bits per heavy atom. The zero-order valence-corrected chi connectivity index (χ0v) is 7.50. The largest absolute Gasteiger partial charge is 0.351 e. The molecule has 0 radical (unpaired) electrons. The summed E-state index contributed by atoms with van der Waals surface area (Å²) in [4.78, 5) is 11.3. The van der Waals surface area contributed by atoms with Gasteiger partial charge in [0.15, 0.2) is 5.78 Å². The maximum absolute atomic E-state index is 11.3. The van der Waals surface area contributed by atoms with E-state index in [1.165, 1.54) is 5.56 Å². The molecule has 0 fully saturated rings. The maximum Gasteiger partial charge on any atom is 0.165 e. The molecular formula is C10H13NO. The zero-order valence-electron chi connectivity index (χ0n) is 7.50. The van der Waals surface area contributed by atoms with E-state index in [4.69, 9.17) is 0 Å². The molecule has 2 rings (SSSR count). The second kappa shape index (κ2) is 2.47. The van der Waals surface area contributed by atoms with Crippen LogP contribution in [0.3, 0.4) is 0 Å². The topological polar surface area (TPSA) is 22.0 Å². The first-order valence-electron chi connectivity index (χ1n) is 4.42. The summed E-state index contributed by atoms with van der Waals surface area (Å²) in [5.74, 6) is 0.310. The van der Waals surface area contributed by atoms with E-state index in [-0.39, 0.29) is 0 Å². The van der Waals surface area contributed by atoms with Crippen molar-refractivity contribution in [1.82, 2.24) is 4.57 Å². The molecule has 1 aliphatic rings. The van der Waals surface area contributed by atoms with E-state index in [0.29, 0.717) is 18.2 Å². The van der Waals surface area contributed by atoms with Crippen LogP contribution in [0.2, 0.25) is 0 Å². The van der Waals surface area contributed by atoms with Crippen LogP contribution in [-0.2, 0) is 6.42 Å². The second-order valence-corrected chi connectivity index (χ2v) is 3.66. The van der Waals surface area contributed by atoms with Crippen LogP contribution in [0.1, 0.15) is 42.2 Å². The minimum absolute atomic E-state index is 0.310. The van der Waals surface area contributed by atoms with Gasteiger partial charge in [-0.1, -0.05) is 0 Å². The Morgan fingerprint density at radius 3 is 2.67 bits per heavy atom. The summed E-state index contributed by atoms with van der Waals surface area (Å²) in [5, 5.41) is 0. The van der Waals surface area contributed by atoms with Gasteiger partial charge in [0.2, 0.25) is 0 Å². The number of Topliss-reactive ketones (excluding diaryl/α,β-unsaturated/α-hetero) is 1. The lowest BCUT2D eigenvalue weighted by molar-refractivity contribution is 0.0994. The van der Waals surface area contributed by atoms with Gasteiger partial charge in [0.1, 0.15) is 0 Å². The molecule has 2 heteroatoms. The molecule has 64 valence electrons. The number of nitrogens with zero attached hydrogens (tertiary/aromatic N) is 1. The van der Waals surface area contributed by atoms with E-state index in [2.05, 4.69) is 24.6 Å². The lowest BCUT2D eigenvalue weighted by Gasteiger charge is -2.05. The smallest absolute Gasteiger partial charge is 0.165 e. The van der Waals surface area contributed by atoms with E-state index in [1.807, 2.05) is 6.20 Å². The quantitative estimate of drug-likeness (QED) is 0.622. The van der Waals surface area contributed by atoms with Crippen molar-refractivity contribution in [2.45, 2.75) is 32.7 Å². The summed E-state index contributed by atoms with van der Waals surface area (Å²) in [6.07, 6.45) is 5.73. The lowest BCUT2D eigenvalue weighted by Crippen LogP contribution is -1.98. The Bertz CT molecular complexity index is 323. The number of rotatable bonds is 1. The number of aryl methyl sites for hydroxylation is 1. The van der Waals surface area contributed by atoms with Gasteiger partial charge in [0.05, 0.1) is 0 Å². The van der Waals surface area contributed by atoms with Crippen LogP contribution in [0.25, 0.3) is 0 Å². The molecule has 0 bridgehead atoms. The third kappa shape index (κ3) is 0.986. The van der Waals surface area contributed by atoms with E-state index < -0.39 is 0 Å². The fraction of sp³-hybridized carbons (Fsp3) is 0.500. The molecule has 0 amide bonds. The minimum atomic E-state index is 0.310. The fourth-order valence-electron chi connectivity index (χ4n) is 1.65. The normalized spacial score (nSPS) is 15.8. The first kappa shape index (κ1) is 7.59. The van der Waals surface area contributed by atoms with Crippen molar-refractivity contribution in [2.24, 2.45) is 0 Å². The molecule has 2 nitrogen and oxygen atoms in total. The van der Waals surface area contributed by atoms with Gasteiger partial charge >= 0.3 is 0 Å². The van der Waals surface area contributed by atoms with Crippen molar-refractivity contribution in [3.63, 3.8) is 0 Å². The SMILES string of the molecule is CC(C)n1cc2c(c1)C(=O)CC2. The zero-order chi connectivity index (χ0) is 8.72. The van der Waals surface area contributed by atoms with Gasteiger partial charge in [-0.05, 0) is 25.8 Å². The molecule has 1 heterocycles. The first-order valence-corrected chi connectivity index (χ1v) is 4.42. The second-order valence-electron chi connectivity index (χ2n) is 3.66. The van der Waals surface area contributed by atoms with Crippen LogP contribution in [0.15, 0.2) is 12.4 Å². The predicted octanol–water partition coefficient (Wildman–Crippen LogP) is 2.20. The van der Waals surface area contributed by atoms with E-state index in [1.54, 1.807) is 0 Å². The summed E-state index contributed by atoms with van der Waals surface area (Å²) in [5.41, 5.74) is 2.18. The molecule has 0 unspecified atom stereocenters. The van der Waals surface area contributed by atoms with Gasteiger partial charge in [-0.25, -0.2) is 0 Å². The molecule has 0 spiro atoms. The number of ketones is 1. The summed E-state index contributed by atoms with van der Waals surface area (Å²) in [6.45, 7) is 4.25. The highest BCUT2D eigenvalue weighted by Gasteiger charge is 2.21. The highest BCUT2D eigenvalue weighted by molar-refractivity contribution is 6.00. The molecule has 0 saturated carbocycles. The van der Waals surface area contributed by atoms with Crippen LogP contribution in [0, 0.1) is 0 Å². The van der Waals surface area contributed by atoms with Crippen LogP contribution in [0.4, 0.5) is 0 Å². The Labute approximate surface area is 72.2 Å². The maximum atomic E-state index is 11.3. The Morgan fingerprint density at radius 2 is 2.08 bits per heavy atom. The van der Waals surface area contributed by atoms with Crippen molar-refractivity contribution in [3.8, 4) is 0 Å². The standard InChI is InChI=1S/C10H13NO/c1-7(2)11-5-8-3-4-10(12)9(8)6-11/h5-7H,3-4H2,1-2H3. The van der Waals surface area contributed by atoms with Crippen LogP contribution >= 0.6 is 0 Å². The van der Waals surface area contributed by atoms with Crippen molar-refractivity contribution >= 4 is 5.78 Å². The van der Waals surface area contributed by atoms with Gasteiger partial charge < -0.3 is 4.57 Å². The molecular weight excluding hydrogens is 150 g/mol. The highest BCUT2D eigenvalue weighted by Crippen LogP contribution is 2.24. The van der Waals surface area contributed by atoms with Gasteiger partial charge in [-0.2, -0.15) is 0 Å². The molecule has 0 aromatic carbocycles. The summed E-state index contributed by atoms with van der Waals surface area (Å²) < 4.78 is 2.11. The Hall–Kier alpha value is -1.05. The molecule has 1 aromatic heterocycles. The third-order valence-corrected chi connectivity index (χ3v) is 2.45. The summed E-state index contributed by atoms with van der Waals surface area (Å²) >= 11 is 0. The van der Waals surface area contributed by atoms with Gasteiger partial charge in [0.25, 0.3) is 0 Å². The van der Waals surface area contributed by atoms with Gasteiger partial charge in [-0.15, -0.1) is 0 Å². The highest BCUT2D eigenvalue weighted by atomic mass is 16.1. The Kier molecular flexibility index (Phi) is 1.56. The van der Waals surface area contributed by atoms with Crippen molar-refractivity contribution in [1.29, 1.82) is 0 Å². The summed E-state index contributed by atoms with van der Waals surface area (Å²) in [6, 6.07) is 0.461. The van der Waals surface area contributed by atoms with Gasteiger partial charge in [-0.3, -0.25) is 4.79 Å². The molecule has 0 N–H and O–H groups in total. The molecule has 0 atom stereocenters. The van der Waals surface area contributed by atoms with Crippen LogP contribution in [-0.4, -0.2) is 10.4 Å². The lowest BCUT2D eigenvalue weighted by atomic mass is 10.2. The van der Waals surface area contributed by atoms with Crippen LogP contribution in [0.5, 0.6) is 0 Å². The molecule has 0 aliphatic heterocycles.